The molecule has 10 nitrogen and oxygen atoms in total. The SMILES string of the molecule is CCNC(=O)Nc1ccc(-c2nc(N3CCOCC3)c3cnn(C4CCNCC4)c3n2)cc1. The zero-order valence-corrected chi connectivity index (χ0v) is 18.9. The number of amides is 2. The van der Waals surface area contributed by atoms with Gasteiger partial charge in [0.25, 0.3) is 0 Å². The Kier molecular flexibility index (Phi) is 6.36. The standard InChI is InChI=1S/C23H30N8O2/c1-2-25-23(32)27-17-5-3-16(4-6-17)20-28-21(30-11-13-33-14-12-30)19-15-26-31(22(19)29-20)18-7-9-24-10-8-18/h3-6,15,18,24H,2,7-14H2,1H3,(H2,25,27,32). The normalized spacial score (nSPS) is 17.3. The number of hydrogen-bond acceptors (Lipinski definition) is 7. The van der Waals surface area contributed by atoms with E-state index in [0.717, 1.165) is 67.1 Å². The summed E-state index contributed by atoms with van der Waals surface area (Å²) in [4.78, 5) is 24.0. The van der Waals surface area contributed by atoms with Crippen molar-refractivity contribution in [2.24, 2.45) is 0 Å². The van der Waals surface area contributed by atoms with E-state index in [1.807, 2.05) is 37.4 Å². The third-order valence-electron chi connectivity index (χ3n) is 6.14. The average Bonchev–Trinajstić information content (AvgIpc) is 3.29. The number of piperidine rings is 1. The van der Waals surface area contributed by atoms with Crippen molar-refractivity contribution in [1.82, 2.24) is 30.4 Å². The van der Waals surface area contributed by atoms with Gasteiger partial charge in [-0.15, -0.1) is 0 Å². The molecule has 0 spiro atoms. The summed E-state index contributed by atoms with van der Waals surface area (Å²) in [6.45, 7) is 7.39. The molecule has 2 aliphatic rings. The fraction of sp³-hybridized carbons (Fsp3) is 0.478. The molecule has 0 bridgehead atoms. The van der Waals surface area contributed by atoms with E-state index in [4.69, 9.17) is 19.8 Å². The molecule has 0 unspecified atom stereocenters. The molecule has 0 radical (unpaired) electrons. The highest BCUT2D eigenvalue weighted by atomic mass is 16.5. The van der Waals surface area contributed by atoms with Crippen LogP contribution in [0.2, 0.25) is 0 Å². The van der Waals surface area contributed by atoms with Crippen molar-refractivity contribution in [1.29, 1.82) is 0 Å². The number of ether oxygens (including phenoxy) is 1. The molecule has 2 aromatic heterocycles. The van der Waals surface area contributed by atoms with Crippen LogP contribution in [-0.2, 0) is 4.74 Å². The predicted molar refractivity (Wildman–Crippen MR) is 128 cm³/mol. The second-order valence-electron chi connectivity index (χ2n) is 8.34. The summed E-state index contributed by atoms with van der Waals surface area (Å²) in [5.41, 5.74) is 2.49. The lowest BCUT2D eigenvalue weighted by molar-refractivity contribution is 0.122. The number of urea groups is 1. The van der Waals surface area contributed by atoms with Crippen LogP contribution in [0.4, 0.5) is 16.3 Å². The Balaban J connectivity index is 1.53. The maximum Gasteiger partial charge on any atom is 0.319 e. The molecule has 0 saturated carbocycles. The van der Waals surface area contributed by atoms with E-state index in [9.17, 15) is 4.79 Å². The number of carbonyl (C=O) groups is 1. The number of nitrogens with one attached hydrogen (secondary N) is 3. The van der Waals surface area contributed by atoms with Crippen LogP contribution in [-0.4, -0.2) is 71.7 Å². The smallest absolute Gasteiger partial charge is 0.319 e. The van der Waals surface area contributed by atoms with Gasteiger partial charge in [-0.3, -0.25) is 0 Å². The monoisotopic (exact) mass is 450 g/mol. The quantitative estimate of drug-likeness (QED) is 0.548. The molecule has 5 rings (SSSR count). The molecule has 2 amide bonds. The van der Waals surface area contributed by atoms with E-state index in [2.05, 4.69) is 25.5 Å². The number of aromatic nitrogens is 4. The fourth-order valence-corrected chi connectivity index (χ4v) is 4.41. The van der Waals surface area contributed by atoms with Crippen LogP contribution in [0.15, 0.2) is 30.5 Å². The highest BCUT2D eigenvalue weighted by molar-refractivity contribution is 5.90. The van der Waals surface area contributed by atoms with Gasteiger partial charge in [-0.05, 0) is 57.1 Å². The molecule has 3 aromatic rings. The van der Waals surface area contributed by atoms with Gasteiger partial charge in [0.15, 0.2) is 11.5 Å². The van der Waals surface area contributed by atoms with Crippen molar-refractivity contribution in [2.75, 3.05) is 56.2 Å². The molecule has 33 heavy (non-hydrogen) atoms. The number of nitrogens with zero attached hydrogens (tertiary/aromatic N) is 5. The number of hydrogen-bond donors (Lipinski definition) is 3. The van der Waals surface area contributed by atoms with Gasteiger partial charge in [-0.1, -0.05) is 0 Å². The van der Waals surface area contributed by atoms with Crippen LogP contribution in [0.3, 0.4) is 0 Å². The van der Waals surface area contributed by atoms with E-state index >= 15 is 0 Å². The van der Waals surface area contributed by atoms with E-state index in [0.29, 0.717) is 31.6 Å². The summed E-state index contributed by atoms with van der Waals surface area (Å²) in [5.74, 6) is 1.56. The number of carbonyl (C=O) groups excluding carboxylic acids is 1. The highest BCUT2D eigenvalue weighted by Crippen LogP contribution is 2.31. The first-order valence-electron chi connectivity index (χ1n) is 11.7. The predicted octanol–water partition coefficient (Wildman–Crippen LogP) is 2.40. The Morgan fingerprint density at radius 1 is 1.15 bits per heavy atom. The van der Waals surface area contributed by atoms with Crippen molar-refractivity contribution < 1.29 is 9.53 Å². The van der Waals surface area contributed by atoms with Gasteiger partial charge in [0.2, 0.25) is 0 Å². The maximum absolute atomic E-state index is 11.8. The van der Waals surface area contributed by atoms with Crippen LogP contribution in [0.25, 0.3) is 22.4 Å². The zero-order valence-electron chi connectivity index (χ0n) is 18.9. The van der Waals surface area contributed by atoms with Crippen molar-refractivity contribution >= 4 is 28.6 Å². The Labute approximate surface area is 192 Å². The lowest BCUT2D eigenvalue weighted by Gasteiger charge is -2.28. The second-order valence-corrected chi connectivity index (χ2v) is 8.34. The molecule has 2 aliphatic heterocycles. The van der Waals surface area contributed by atoms with E-state index < -0.39 is 0 Å². The zero-order chi connectivity index (χ0) is 22.6. The summed E-state index contributed by atoms with van der Waals surface area (Å²) in [6, 6.07) is 7.73. The van der Waals surface area contributed by atoms with Gasteiger partial charge in [0, 0.05) is 30.9 Å². The minimum absolute atomic E-state index is 0.219. The van der Waals surface area contributed by atoms with Crippen molar-refractivity contribution in [3.63, 3.8) is 0 Å². The average molecular weight is 451 g/mol. The first kappa shape index (κ1) is 21.6. The first-order chi connectivity index (χ1) is 16.2. The van der Waals surface area contributed by atoms with Crippen LogP contribution in [0.1, 0.15) is 25.8 Å². The number of rotatable bonds is 5. The molecule has 4 heterocycles. The van der Waals surface area contributed by atoms with Crippen LogP contribution >= 0.6 is 0 Å². The molecule has 3 N–H and O–H groups in total. The molecule has 2 saturated heterocycles. The molecular formula is C23H30N8O2. The van der Waals surface area contributed by atoms with Crippen molar-refractivity contribution in [2.45, 2.75) is 25.8 Å². The molecule has 174 valence electrons. The molecular weight excluding hydrogens is 420 g/mol. The second kappa shape index (κ2) is 9.72. The largest absolute Gasteiger partial charge is 0.378 e. The molecule has 10 heteroatoms. The summed E-state index contributed by atoms with van der Waals surface area (Å²) in [7, 11) is 0. The Bertz CT molecular complexity index is 1100. The number of benzene rings is 1. The number of fused-ring (bicyclic) bond motifs is 1. The molecule has 0 aliphatic carbocycles. The third kappa shape index (κ3) is 4.62. The Morgan fingerprint density at radius 3 is 2.64 bits per heavy atom. The minimum atomic E-state index is -0.219. The maximum atomic E-state index is 11.8. The molecule has 2 fully saturated rings. The number of morpholine rings is 1. The minimum Gasteiger partial charge on any atom is -0.378 e. The van der Waals surface area contributed by atoms with E-state index in [1.54, 1.807) is 0 Å². The lowest BCUT2D eigenvalue weighted by Crippen LogP contribution is -2.37. The van der Waals surface area contributed by atoms with Gasteiger partial charge in [-0.25, -0.2) is 19.4 Å². The van der Waals surface area contributed by atoms with Crippen molar-refractivity contribution in [3.05, 3.63) is 30.5 Å². The van der Waals surface area contributed by atoms with Gasteiger partial charge >= 0.3 is 6.03 Å². The third-order valence-corrected chi connectivity index (χ3v) is 6.14. The fourth-order valence-electron chi connectivity index (χ4n) is 4.41. The van der Waals surface area contributed by atoms with Gasteiger partial charge in [-0.2, -0.15) is 5.10 Å². The highest BCUT2D eigenvalue weighted by Gasteiger charge is 2.24. The summed E-state index contributed by atoms with van der Waals surface area (Å²) in [6.07, 6.45) is 3.97. The molecule has 0 atom stereocenters. The van der Waals surface area contributed by atoms with Gasteiger partial charge in [0.05, 0.1) is 30.8 Å². The van der Waals surface area contributed by atoms with Crippen LogP contribution in [0, 0.1) is 0 Å². The van der Waals surface area contributed by atoms with Crippen LogP contribution < -0.4 is 20.9 Å². The van der Waals surface area contributed by atoms with Crippen LogP contribution in [0.5, 0.6) is 0 Å². The summed E-state index contributed by atoms with van der Waals surface area (Å²) < 4.78 is 7.64. The van der Waals surface area contributed by atoms with Crippen molar-refractivity contribution in [3.8, 4) is 11.4 Å². The first-order valence-corrected chi connectivity index (χ1v) is 11.7. The molecule has 1 aromatic carbocycles. The lowest BCUT2D eigenvalue weighted by atomic mass is 10.1. The van der Waals surface area contributed by atoms with Gasteiger partial charge in [0.1, 0.15) is 5.82 Å². The topological polar surface area (TPSA) is 109 Å². The number of anilines is 2. The Morgan fingerprint density at radius 2 is 1.91 bits per heavy atom. The summed E-state index contributed by atoms with van der Waals surface area (Å²) in [5, 5.41) is 14.7. The van der Waals surface area contributed by atoms with E-state index in [1.165, 1.54) is 0 Å². The van der Waals surface area contributed by atoms with E-state index in [-0.39, 0.29) is 6.03 Å². The summed E-state index contributed by atoms with van der Waals surface area (Å²) >= 11 is 0. The van der Waals surface area contributed by atoms with Gasteiger partial charge < -0.3 is 25.6 Å². The Hall–Kier alpha value is -3.24.